The van der Waals surface area contributed by atoms with E-state index in [0.717, 1.165) is 15.7 Å². The first-order valence-electron chi connectivity index (χ1n) is 5.41. The number of benzene rings is 1. The smallest absolute Gasteiger partial charge is 0.165 e. The number of aromatic nitrogens is 1. The molecule has 1 aromatic carbocycles. The molecule has 0 fully saturated rings. The van der Waals surface area contributed by atoms with Crippen molar-refractivity contribution in [2.45, 2.75) is 13.2 Å². The minimum Gasteiger partial charge on any atom is -0.484 e. The predicted octanol–water partition coefficient (Wildman–Crippen LogP) is 3.02. The average Bonchev–Trinajstić information content (AvgIpc) is 2.40. The van der Waals surface area contributed by atoms with Crippen LogP contribution in [0.4, 0.5) is 4.39 Å². The van der Waals surface area contributed by atoms with Gasteiger partial charge in [-0.15, -0.1) is 0 Å². The molecule has 3 nitrogen and oxygen atoms in total. The van der Waals surface area contributed by atoms with Crippen LogP contribution in [0.2, 0.25) is 0 Å². The van der Waals surface area contributed by atoms with Gasteiger partial charge >= 0.3 is 0 Å². The lowest BCUT2D eigenvalue weighted by atomic mass is 10.2. The van der Waals surface area contributed by atoms with E-state index in [1.165, 1.54) is 6.07 Å². The predicted molar refractivity (Wildman–Crippen MR) is 70.6 cm³/mol. The molecule has 0 aliphatic carbocycles. The van der Waals surface area contributed by atoms with E-state index in [9.17, 15) is 4.39 Å². The third-order valence-corrected chi connectivity index (χ3v) is 2.88. The van der Waals surface area contributed by atoms with Crippen LogP contribution in [0.3, 0.4) is 0 Å². The molecule has 18 heavy (non-hydrogen) atoms. The Bertz CT molecular complexity index is 531. The minimum atomic E-state index is -0.392. The van der Waals surface area contributed by atoms with Gasteiger partial charge in [0.15, 0.2) is 11.6 Å². The van der Waals surface area contributed by atoms with Crippen molar-refractivity contribution in [2.75, 3.05) is 0 Å². The Morgan fingerprint density at radius 2 is 2.11 bits per heavy atom. The summed E-state index contributed by atoms with van der Waals surface area (Å²) in [5.74, 6) is -0.189. The summed E-state index contributed by atoms with van der Waals surface area (Å²) in [6.45, 7) is 0.673. The van der Waals surface area contributed by atoms with Gasteiger partial charge in [0, 0.05) is 17.2 Å². The molecule has 0 radical (unpaired) electrons. The molecule has 0 bridgehead atoms. The molecule has 1 heterocycles. The Hall–Kier alpha value is -1.46. The second-order valence-corrected chi connectivity index (χ2v) is 4.64. The van der Waals surface area contributed by atoms with Crippen LogP contribution in [0.25, 0.3) is 0 Å². The molecule has 0 aliphatic rings. The standard InChI is InChI=1S/C13H12BrFN2O/c14-10-2-4-12(15)13(5-10)18-8-11-3-1-9(6-16)7-17-11/h1-5,7H,6,8,16H2. The molecular formula is C13H12BrFN2O. The highest BCUT2D eigenvalue weighted by Gasteiger charge is 2.04. The summed E-state index contributed by atoms with van der Waals surface area (Å²) in [4.78, 5) is 4.18. The Morgan fingerprint density at radius 3 is 2.78 bits per heavy atom. The molecule has 0 spiro atoms. The quantitative estimate of drug-likeness (QED) is 0.944. The number of halogens is 2. The second-order valence-electron chi connectivity index (χ2n) is 3.73. The van der Waals surface area contributed by atoms with Crippen LogP contribution < -0.4 is 10.5 Å². The fourth-order valence-corrected chi connectivity index (χ4v) is 1.74. The molecule has 1 aromatic heterocycles. The lowest BCUT2D eigenvalue weighted by Gasteiger charge is -2.07. The van der Waals surface area contributed by atoms with E-state index in [1.807, 2.05) is 12.1 Å². The van der Waals surface area contributed by atoms with Crippen LogP contribution >= 0.6 is 15.9 Å². The zero-order valence-electron chi connectivity index (χ0n) is 9.57. The van der Waals surface area contributed by atoms with E-state index in [-0.39, 0.29) is 12.4 Å². The van der Waals surface area contributed by atoms with Gasteiger partial charge in [0.05, 0.1) is 5.69 Å². The van der Waals surface area contributed by atoms with E-state index in [4.69, 9.17) is 10.5 Å². The molecule has 94 valence electrons. The van der Waals surface area contributed by atoms with Crippen molar-refractivity contribution in [3.63, 3.8) is 0 Å². The fourth-order valence-electron chi connectivity index (χ4n) is 1.40. The van der Waals surface area contributed by atoms with Crippen LogP contribution in [-0.4, -0.2) is 4.98 Å². The summed E-state index contributed by atoms with van der Waals surface area (Å²) in [6.07, 6.45) is 1.69. The first-order valence-corrected chi connectivity index (χ1v) is 6.20. The van der Waals surface area contributed by atoms with Crippen LogP contribution in [0, 0.1) is 5.82 Å². The Kier molecular flexibility index (Phi) is 4.28. The monoisotopic (exact) mass is 310 g/mol. The normalized spacial score (nSPS) is 10.4. The Labute approximate surface area is 113 Å². The van der Waals surface area contributed by atoms with Crippen molar-refractivity contribution >= 4 is 15.9 Å². The maximum atomic E-state index is 13.4. The Balaban J connectivity index is 2.04. The lowest BCUT2D eigenvalue weighted by Crippen LogP contribution is -2.02. The molecule has 0 saturated heterocycles. The van der Waals surface area contributed by atoms with Gasteiger partial charge in [0.1, 0.15) is 6.61 Å². The number of hydrogen-bond acceptors (Lipinski definition) is 3. The van der Waals surface area contributed by atoms with Gasteiger partial charge in [-0.2, -0.15) is 0 Å². The van der Waals surface area contributed by atoms with E-state index < -0.39 is 5.82 Å². The van der Waals surface area contributed by atoms with Crippen LogP contribution in [-0.2, 0) is 13.2 Å². The molecule has 5 heteroatoms. The number of nitrogens with zero attached hydrogens (tertiary/aromatic N) is 1. The zero-order valence-corrected chi connectivity index (χ0v) is 11.2. The number of nitrogens with two attached hydrogens (primary N) is 1. The number of pyridine rings is 1. The number of ether oxygens (including phenoxy) is 1. The summed E-state index contributed by atoms with van der Waals surface area (Å²) < 4.78 is 19.6. The highest BCUT2D eigenvalue weighted by Crippen LogP contribution is 2.22. The molecule has 2 rings (SSSR count). The van der Waals surface area contributed by atoms with Gasteiger partial charge in [0.25, 0.3) is 0 Å². The first-order chi connectivity index (χ1) is 8.69. The molecule has 2 aromatic rings. The number of hydrogen-bond donors (Lipinski definition) is 1. The van der Waals surface area contributed by atoms with E-state index in [0.29, 0.717) is 6.54 Å². The summed E-state index contributed by atoms with van der Waals surface area (Å²) in [6, 6.07) is 8.26. The van der Waals surface area contributed by atoms with Crippen LogP contribution in [0.1, 0.15) is 11.3 Å². The highest BCUT2D eigenvalue weighted by molar-refractivity contribution is 9.10. The Morgan fingerprint density at radius 1 is 1.28 bits per heavy atom. The zero-order chi connectivity index (χ0) is 13.0. The maximum Gasteiger partial charge on any atom is 0.165 e. The average molecular weight is 311 g/mol. The molecule has 0 unspecified atom stereocenters. The van der Waals surface area contributed by atoms with Gasteiger partial charge in [-0.05, 0) is 29.8 Å². The van der Waals surface area contributed by atoms with Gasteiger partial charge in [-0.3, -0.25) is 4.98 Å². The van der Waals surface area contributed by atoms with Crippen molar-refractivity contribution in [3.05, 3.63) is 58.1 Å². The third kappa shape index (κ3) is 3.27. The van der Waals surface area contributed by atoms with Gasteiger partial charge < -0.3 is 10.5 Å². The van der Waals surface area contributed by atoms with Crippen LogP contribution in [0.5, 0.6) is 5.75 Å². The topological polar surface area (TPSA) is 48.1 Å². The van der Waals surface area contributed by atoms with E-state index >= 15 is 0 Å². The molecule has 2 N–H and O–H groups in total. The third-order valence-electron chi connectivity index (χ3n) is 2.39. The second kappa shape index (κ2) is 5.93. The minimum absolute atomic E-state index is 0.203. The molecule has 0 saturated carbocycles. The van der Waals surface area contributed by atoms with Crippen molar-refractivity contribution in [2.24, 2.45) is 5.73 Å². The van der Waals surface area contributed by atoms with E-state index in [2.05, 4.69) is 20.9 Å². The number of rotatable bonds is 4. The molecule has 0 amide bonds. The van der Waals surface area contributed by atoms with Gasteiger partial charge in [0.2, 0.25) is 0 Å². The van der Waals surface area contributed by atoms with Gasteiger partial charge in [-0.25, -0.2) is 4.39 Å². The van der Waals surface area contributed by atoms with Crippen molar-refractivity contribution < 1.29 is 9.13 Å². The maximum absolute atomic E-state index is 13.4. The van der Waals surface area contributed by atoms with Crippen LogP contribution in [0.15, 0.2) is 41.0 Å². The fraction of sp³-hybridized carbons (Fsp3) is 0.154. The van der Waals surface area contributed by atoms with E-state index in [1.54, 1.807) is 18.3 Å². The van der Waals surface area contributed by atoms with Gasteiger partial charge in [-0.1, -0.05) is 22.0 Å². The summed E-state index contributed by atoms with van der Waals surface area (Å²) in [5.41, 5.74) is 7.15. The SMILES string of the molecule is NCc1ccc(COc2cc(Br)ccc2F)nc1. The molecule has 0 aliphatic heterocycles. The molecular weight excluding hydrogens is 299 g/mol. The van der Waals surface area contributed by atoms with Crippen molar-refractivity contribution in [3.8, 4) is 5.75 Å². The lowest BCUT2D eigenvalue weighted by molar-refractivity contribution is 0.285. The van der Waals surface area contributed by atoms with Crippen molar-refractivity contribution in [1.29, 1.82) is 0 Å². The summed E-state index contributed by atoms with van der Waals surface area (Å²) in [5, 5.41) is 0. The highest BCUT2D eigenvalue weighted by atomic mass is 79.9. The summed E-state index contributed by atoms with van der Waals surface area (Å²) in [7, 11) is 0. The van der Waals surface area contributed by atoms with Crippen molar-refractivity contribution in [1.82, 2.24) is 4.98 Å². The first kappa shape index (κ1) is 13.0. The molecule has 0 atom stereocenters. The summed E-state index contributed by atoms with van der Waals surface area (Å²) >= 11 is 3.27. The largest absolute Gasteiger partial charge is 0.484 e.